The Morgan fingerprint density at radius 2 is 1.62 bits per heavy atom. The first kappa shape index (κ1) is 23.5. The van der Waals surface area contributed by atoms with Crippen molar-refractivity contribution in [2.45, 2.75) is 39.4 Å². The summed E-state index contributed by atoms with van der Waals surface area (Å²) in [6, 6.07) is 22.0. The van der Waals surface area contributed by atoms with Gasteiger partial charge in [-0.15, -0.1) is 0 Å². The van der Waals surface area contributed by atoms with Crippen molar-refractivity contribution in [3.8, 4) is 0 Å². The third-order valence-corrected chi connectivity index (χ3v) is 5.42. The molecule has 2 aromatic carbocycles. The maximum atomic E-state index is 13.4. The maximum Gasteiger partial charge on any atom is 0.243 e. The van der Waals surface area contributed by atoms with Crippen molar-refractivity contribution in [2.24, 2.45) is 5.92 Å². The van der Waals surface area contributed by atoms with Crippen LogP contribution >= 0.6 is 11.6 Å². The van der Waals surface area contributed by atoms with Crippen molar-refractivity contribution < 1.29 is 9.59 Å². The van der Waals surface area contributed by atoms with Gasteiger partial charge in [-0.1, -0.05) is 74.0 Å². The Morgan fingerprint density at radius 3 is 2.25 bits per heavy atom. The molecule has 1 heterocycles. The standard InChI is InChI=1S/C26H28ClN3O2/c1-19(2)26(32)30(18-21-11-13-22(27)14-12-21)24(16-20-8-4-3-5-9-20)25(31)29-17-23-10-6-7-15-28-23/h3-15,19,24H,16-18H2,1-2H3,(H,29,31)/t24-/m1/s1. The second kappa shape index (κ2) is 11.4. The molecule has 1 N–H and O–H groups in total. The molecule has 6 heteroatoms. The van der Waals surface area contributed by atoms with Gasteiger partial charge < -0.3 is 10.2 Å². The number of hydrogen-bond acceptors (Lipinski definition) is 3. The van der Waals surface area contributed by atoms with Crippen LogP contribution in [0.2, 0.25) is 5.02 Å². The van der Waals surface area contributed by atoms with Gasteiger partial charge in [0.15, 0.2) is 0 Å². The van der Waals surface area contributed by atoms with Gasteiger partial charge in [0.05, 0.1) is 12.2 Å². The van der Waals surface area contributed by atoms with E-state index in [1.165, 1.54) is 0 Å². The maximum absolute atomic E-state index is 13.4. The van der Waals surface area contributed by atoms with Crippen LogP contribution in [-0.4, -0.2) is 27.7 Å². The van der Waals surface area contributed by atoms with E-state index in [2.05, 4.69) is 10.3 Å². The number of rotatable bonds is 9. The van der Waals surface area contributed by atoms with E-state index in [0.29, 0.717) is 24.5 Å². The Kier molecular flexibility index (Phi) is 8.40. The van der Waals surface area contributed by atoms with Gasteiger partial charge in [-0.3, -0.25) is 14.6 Å². The molecule has 166 valence electrons. The molecule has 0 aliphatic carbocycles. The molecule has 0 saturated carbocycles. The molecule has 0 aliphatic rings. The van der Waals surface area contributed by atoms with Gasteiger partial charge in [0.1, 0.15) is 6.04 Å². The Hall–Kier alpha value is -3.18. The fourth-order valence-electron chi connectivity index (χ4n) is 3.44. The summed E-state index contributed by atoms with van der Waals surface area (Å²) in [7, 11) is 0. The van der Waals surface area contributed by atoms with E-state index < -0.39 is 6.04 Å². The number of carbonyl (C=O) groups excluding carboxylic acids is 2. The average molecular weight is 450 g/mol. The van der Waals surface area contributed by atoms with Crippen LogP contribution in [-0.2, 0) is 29.1 Å². The van der Waals surface area contributed by atoms with Crippen LogP contribution < -0.4 is 5.32 Å². The van der Waals surface area contributed by atoms with Crippen LogP contribution in [0, 0.1) is 5.92 Å². The van der Waals surface area contributed by atoms with Crippen LogP contribution in [0.3, 0.4) is 0 Å². The number of benzene rings is 2. The number of hydrogen-bond donors (Lipinski definition) is 1. The molecule has 32 heavy (non-hydrogen) atoms. The zero-order chi connectivity index (χ0) is 22.9. The van der Waals surface area contributed by atoms with Crippen LogP contribution in [0.25, 0.3) is 0 Å². The number of pyridine rings is 1. The van der Waals surface area contributed by atoms with Crippen molar-refractivity contribution in [3.05, 3.63) is 101 Å². The Balaban J connectivity index is 1.89. The molecule has 5 nitrogen and oxygen atoms in total. The van der Waals surface area contributed by atoms with Crippen LogP contribution in [0.1, 0.15) is 30.7 Å². The summed E-state index contributed by atoms with van der Waals surface area (Å²) in [6.07, 6.45) is 2.11. The molecule has 0 aliphatic heterocycles. The van der Waals surface area contributed by atoms with Crippen molar-refractivity contribution in [3.63, 3.8) is 0 Å². The molecular formula is C26H28ClN3O2. The predicted octanol–water partition coefficient (Wildman–Crippen LogP) is 4.65. The molecular weight excluding hydrogens is 422 g/mol. The van der Waals surface area contributed by atoms with Gasteiger partial charge in [0.2, 0.25) is 11.8 Å². The third kappa shape index (κ3) is 6.66. The molecule has 0 radical (unpaired) electrons. The summed E-state index contributed by atoms with van der Waals surface area (Å²) in [5.41, 5.74) is 2.67. The van der Waals surface area contributed by atoms with Crippen LogP contribution in [0.4, 0.5) is 0 Å². The van der Waals surface area contributed by atoms with Crippen molar-refractivity contribution in [1.29, 1.82) is 0 Å². The summed E-state index contributed by atoms with van der Waals surface area (Å²) in [6.45, 7) is 4.32. The van der Waals surface area contributed by atoms with Gasteiger partial charge in [-0.05, 0) is 35.4 Å². The predicted molar refractivity (Wildman–Crippen MR) is 127 cm³/mol. The molecule has 3 rings (SSSR count). The molecule has 0 saturated heterocycles. The van der Waals surface area contributed by atoms with Crippen molar-refractivity contribution in [2.75, 3.05) is 0 Å². The minimum absolute atomic E-state index is 0.0751. The Labute approximate surface area is 194 Å². The van der Waals surface area contributed by atoms with Gasteiger partial charge >= 0.3 is 0 Å². The van der Waals surface area contributed by atoms with E-state index in [9.17, 15) is 9.59 Å². The molecule has 0 spiro atoms. The number of carbonyl (C=O) groups is 2. The lowest BCUT2D eigenvalue weighted by molar-refractivity contribution is -0.143. The molecule has 3 aromatic rings. The number of halogens is 1. The Morgan fingerprint density at radius 1 is 0.938 bits per heavy atom. The molecule has 0 fully saturated rings. The minimum atomic E-state index is -0.660. The summed E-state index contributed by atoms with van der Waals surface area (Å²) < 4.78 is 0. The SMILES string of the molecule is CC(C)C(=O)N(Cc1ccc(Cl)cc1)[C@H](Cc1ccccc1)C(=O)NCc1ccccn1. The van der Waals surface area contributed by atoms with Crippen LogP contribution in [0.5, 0.6) is 0 Å². The van der Waals surface area contributed by atoms with E-state index in [4.69, 9.17) is 11.6 Å². The normalized spacial score (nSPS) is 11.8. The average Bonchev–Trinajstić information content (AvgIpc) is 2.81. The summed E-state index contributed by atoms with van der Waals surface area (Å²) in [5, 5.41) is 3.60. The largest absolute Gasteiger partial charge is 0.349 e. The lowest BCUT2D eigenvalue weighted by atomic mass is 10.0. The quantitative estimate of drug-likeness (QED) is 0.517. The van der Waals surface area contributed by atoms with Gasteiger partial charge in [-0.2, -0.15) is 0 Å². The molecule has 0 unspecified atom stereocenters. The zero-order valence-electron chi connectivity index (χ0n) is 18.4. The molecule has 2 amide bonds. The highest BCUT2D eigenvalue weighted by molar-refractivity contribution is 6.30. The lowest BCUT2D eigenvalue weighted by Crippen LogP contribution is -2.51. The monoisotopic (exact) mass is 449 g/mol. The highest BCUT2D eigenvalue weighted by atomic mass is 35.5. The van der Waals surface area contributed by atoms with E-state index in [-0.39, 0.29) is 17.7 Å². The fraction of sp³-hybridized carbons (Fsp3) is 0.269. The first-order valence-electron chi connectivity index (χ1n) is 10.7. The number of nitrogens with zero attached hydrogens (tertiary/aromatic N) is 2. The Bertz CT molecular complexity index is 1010. The van der Waals surface area contributed by atoms with E-state index in [1.54, 1.807) is 23.2 Å². The molecule has 0 bridgehead atoms. The summed E-state index contributed by atoms with van der Waals surface area (Å²) >= 11 is 6.03. The smallest absolute Gasteiger partial charge is 0.243 e. The molecule has 1 atom stereocenters. The van der Waals surface area contributed by atoms with E-state index in [1.807, 2.05) is 74.5 Å². The van der Waals surface area contributed by atoms with Gasteiger partial charge in [0, 0.05) is 30.1 Å². The number of amides is 2. The fourth-order valence-corrected chi connectivity index (χ4v) is 3.57. The number of nitrogens with one attached hydrogen (secondary N) is 1. The summed E-state index contributed by atoms with van der Waals surface area (Å²) in [4.78, 5) is 32.6. The lowest BCUT2D eigenvalue weighted by Gasteiger charge is -2.32. The van der Waals surface area contributed by atoms with E-state index >= 15 is 0 Å². The van der Waals surface area contributed by atoms with E-state index in [0.717, 1.165) is 16.8 Å². The molecule has 1 aromatic heterocycles. The second-order valence-electron chi connectivity index (χ2n) is 7.99. The van der Waals surface area contributed by atoms with Crippen LogP contribution in [0.15, 0.2) is 79.0 Å². The van der Waals surface area contributed by atoms with Gasteiger partial charge in [0.25, 0.3) is 0 Å². The third-order valence-electron chi connectivity index (χ3n) is 5.16. The minimum Gasteiger partial charge on any atom is -0.349 e. The summed E-state index contributed by atoms with van der Waals surface area (Å²) in [5.74, 6) is -0.527. The zero-order valence-corrected chi connectivity index (χ0v) is 19.1. The first-order valence-corrected chi connectivity index (χ1v) is 11.1. The highest BCUT2D eigenvalue weighted by Crippen LogP contribution is 2.19. The topological polar surface area (TPSA) is 62.3 Å². The van der Waals surface area contributed by atoms with Crippen molar-refractivity contribution in [1.82, 2.24) is 15.2 Å². The van der Waals surface area contributed by atoms with Gasteiger partial charge in [-0.25, -0.2) is 0 Å². The highest BCUT2D eigenvalue weighted by Gasteiger charge is 2.31. The number of aromatic nitrogens is 1. The first-order chi connectivity index (χ1) is 15.4. The van der Waals surface area contributed by atoms with Crippen molar-refractivity contribution >= 4 is 23.4 Å². The second-order valence-corrected chi connectivity index (χ2v) is 8.43.